The Labute approximate surface area is 145 Å². The van der Waals surface area contributed by atoms with E-state index in [9.17, 15) is 31.4 Å². The lowest BCUT2D eigenvalue weighted by Gasteiger charge is -2.22. The van der Waals surface area contributed by atoms with Crippen LogP contribution in [0.1, 0.15) is 35.3 Å². The van der Waals surface area contributed by atoms with E-state index in [0.717, 1.165) is 18.2 Å². The number of nitrogen functional groups attached to an aromatic ring is 1. The number of aliphatic hydroxyl groups is 1. The van der Waals surface area contributed by atoms with Crippen molar-refractivity contribution in [3.63, 3.8) is 0 Å². The Morgan fingerprint density at radius 3 is 2.19 bits per heavy atom. The maximum Gasteiger partial charge on any atom is 0.420 e. The molecule has 0 aliphatic carbocycles. The van der Waals surface area contributed by atoms with E-state index in [4.69, 9.17) is 10.5 Å². The lowest BCUT2D eigenvalue weighted by molar-refractivity contribution is -0.140. The molecule has 0 saturated carbocycles. The molecule has 0 aromatic heterocycles. The summed E-state index contributed by atoms with van der Waals surface area (Å²) in [6, 6.07) is 5.36. The number of hydrogen-bond acceptors (Lipinski definition) is 3. The number of nitrogens with two attached hydrogens (primary N) is 1. The predicted octanol–water partition coefficient (Wildman–Crippen LogP) is 4.79. The minimum atomic E-state index is -4.89. The molecule has 0 unspecified atom stereocenters. The number of hydrogen-bond donors (Lipinski definition) is 2. The summed E-state index contributed by atoms with van der Waals surface area (Å²) in [6.45, 7) is 1.42. The van der Waals surface area contributed by atoms with E-state index in [1.165, 1.54) is 13.0 Å². The second-order valence-electron chi connectivity index (χ2n) is 5.40. The maximum atomic E-state index is 13.5. The summed E-state index contributed by atoms with van der Waals surface area (Å²) < 4.78 is 84.0. The first-order chi connectivity index (χ1) is 12.0. The van der Waals surface area contributed by atoms with Crippen LogP contribution in [0.15, 0.2) is 36.4 Å². The highest BCUT2D eigenvalue weighted by atomic mass is 19.4. The average molecular weight is 379 g/mol. The molecule has 2 aromatic carbocycles. The molecule has 0 heterocycles. The number of halogens is 6. The Hall–Kier alpha value is -2.42. The van der Waals surface area contributed by atoms with Crippen molar-refractivity contribution in [3.05, 3.63) is 58.7 Å². The first kappa shape index (κ1) is 19.9. The van der Waals surface area contributed by atoms with Gasteiger partial charge in [-0.25, -0.2) is 0 Å². The van der Waals surface area contributed by atoms with E-state index < -0.39 is 46.5 Å². The summed E-state index contributed by atoms with van der Waals surface area (Å²) in [5, 5.41) is 10.4. The summed E-state index contributed by atoms with van der Waals surface area (Å²) in [5.74, 6) is -0.526. The molecule has 1 atom stereocenters. The topological polar surface area (TPSA) is 55.5 Å². The van der Waals surface area contributed by atoms with Crippen molar-refractivity contribution < 1.29 is 36.2 Å². The molecule has 2 rings (SSSR count). The zero-order valence-electron chi connectivity index (χ0n) is 13.4. The van der Waals surface area contributed by atoms with Gasteiger partial charge in [-0.1, -0.05) is 12.1 Å². The number of alkyl halides is 6. The zero-order valence-corrected chi connectivity index (χ0v) is 13.4. The number of rotatable bonds is 4. The van der Waals surface area contributed by atoms with Gasteiger partial charge in [0.1, 0.15) is 17.4 Å². The zero-order chi connectivity index (χ0) is 19.7. The molecular weight excluding hydrogens is 364 g/mol. The summed E-state index contributed by atoms with van der Waals surface area (Å²) in [5.41, 5.74) is 1.82. The fraction of sp³-hybridized carbons (Fsp3) is 0.294. The van der Waals surface area contributed by atoms with Crippen LogP contribution in [-0.4, -0.2) is 11.7 Å². The van der Waals surface area contributed by atoms with Crippen molar-refractivity contribution in [1.29, 1.82) is 0 Å². The molecule has 0 spiro atoms. The van der Waals surface area contributed by atoms with E-state index >= 15 is 0 Å². The molecule has 0 aliphatic heterocycles. The minimum Gasteiger partial charge on any atom is -0.493 e. The van der Waals surface area contributed by atoms with Crippen LogP contribution in [0, 0.1) is 0 Å². The normalized spacial score (nSPS) is 13.5. The molecule has 0 radical (unpaired) electrons. The third-order valence-electron chi connectivity index (χ3n) is 3.65. The van der Waals surface area contributed by atoms with E-state index in [2.05, 4.69) is 0 Å². The van der Waals surface area contributed by atoms with Crippen LogP contribution in [0.2, 0.25) is 0 Å². The van der Waals surface area contributed by atoms with Crippen molar-refractivity contribution in [2.75, 3.05) is 12.3 Å². The molecule has 0 saturated heterocycles. The maximum absolute atomic E-state index is 13.5. The molecule has 3 N–H and O–H groups in total. The first-order valence-corrected chi connectivity index (χ1v) is 7.44. The van der Waals surface area contributed by atoms with Crippen LogP contribution in [0.4, 0.5) is 32.0 Å². The van der Waals surface area contributed by atoms with Gasteiger partial charge in [-0.05, 0) is 31.2 Å². The smallest absolute Gasteiger partial charge is 0.420 e. The van der Waals surface area contributed by atoms with Gasteiger partial charge in [-0.15, -0.1) is 0 Å². The van der Waals surface area contributed by atoms with E-state index in [-0.39, 0.29) is 12.3 Å². The number of benzene rings is 2. The Bertz CT molecular complexity index is 786. The van der Waals surface area contributed by atoms with Gasteiger partial charge in [0.05, 0.1) is 12.2 Å². The molecule has 26 heavy (non-hydrogen) atoms. The van der Waals surface area contributed by atoms with Gasteiger partial charge < -0.3 is 15.6 Å². The fourth-order valence-electron chi connectivity index (χ4n) is 2.51. The summed E-state index contributed by atoms with van der Waals surface area (Å²) in [6.07, 6.45) is -11.6. The van der Waals surface area contributed by atoms with Gasteiger partial charge in [0.15, 0.2) is 0 Å². The van der Waals surface area contributed by atoms with Crippen LogP contribution in [0.5, 0.6) is 5.75 Å². The van der Waals surface area contributed by atoms with Gasteiger partial charge in [-0.3, -0.25) is 0 Å². The van der Waals surface area contributed by atoms with Gasteiger partial charge in [0.25, 0.3) is 0 Å². The molecule has 9 heteroatoms. The van der Waals surface area contributed by atoms with Crippen LogP contribution in [0.25, 0.3) is 0 Å². The predicted molar refractivity (Wildman–Crippen MR) is 82.5 cm³/mol. The highest BCUT2D eigenvalue weighted by Gasteiger charge is 2.39. The fourth-order valence-corrected chi connectivity index (χ4v) is 2.51. The van der Waals surface area contributed by atoms with Crippen molar-refractivity contribution >= 4 is 5.69 Å². The van der Waals surface area contributed by atoms with Crippen LogP contribution in [0.3, 0.4) is 0 Å². The summed E-state index contributed by atoms with van der Waals surface area (Å²) in [4.78, 5) is 0. The summed E-state index contributed by atoms with van der Waals surface area (Å²) in [7, 11) is 0. The third-order valence-corrected chi connectivity index (χ3v) is 3.65. The van der Waals surface area contributed by atoms with E-state index in [0.29, 0.717) is 12.1 Å². The SMILES string of the molecule is CCOc1cccc([C@@H](O)c2cc(C(F)(F)F)ccc2N)c1C(F)(F)F. The van der Waals surface area contributed by atoms with Crippen molar-refractivity contribution in [2.45, 2.75) is 25.4 Å². The number of ether oxygens (including phenoxy) is 1. The first-order valence-electron chi connectivity index (χ1n) is 7.44. The lowest BCUT2D eigenvalue weighted by atomic mass is 9.93. The molecule has 0 bridgehead atoms. The molecule has 142 valence electrons. The molecule has 0 amide bonds. The van der Waals surface area contributed by atoms with Gasteiger partial charge in [0.2, 0.25) is 0 Å². The Morgan fingerprint density at radius 2 is 1.65 bits per heavy atom. The highest BCUT2D eigenvalue weighted by Crippen LogP contribution is 2.43. The largest absolute Gasteiger partial charge is 0.493 e. The standard InChI is InChI=1S/C17H15F6NO2/c1-2-26-13-5-3-4-10(14(13)17(21,22)23)15(25)11-8-9(16(18,19)20)6-7-12(11)24/h3-8,15,25H,2,24H2,1H3/t15-/m1/s1. The van der Waals surface area contributed by atoms with Gasteiger partial charge in [0, 0.05) is 16.8 Å². The van der Waals surface area contributed by atoms with E-state index in [1.807, 2.05) is 0 Å². The molecule has 0 aliphatic rings. The second-order valence-corrected chi connectivity index (χ2v) is 5.40. The molecular formula is C17H15F6NO2. The summed E-state index contributed by atoms with van der Waals surface area (Å²) >= 11 is 0. The van der Waals surface area contributed by atoms with Crippen molar-refractivity contribution in [2.24, 2.45) is 0 Å². The van der Waals surface area contributed by atoms with Crippen LogP contribution >= 0.6 is 0 Å². The Morgan fingerprint density at radius 1 is 1.00 bits per heavy atom. The monoisotopic (exact) mass is 379 g/mol. The van der Waals surface area contributed by atoms with Crippen molar-refractivity contribution in [1.82, 2.24) is 0 Å². The third kappa shape index (κ3) is 4.04. The quantitative estimate of drug-likeness (QED) is 0.593. The molecule has 0 fully saturated rings. The average Bonchev–Trinajstić information content (AvgIpc) is 2.52. The Balaban J connectivity index is 2.64. The molecule has 2 aromatic rings. The molecule has 3 nitrogen and oxygen atoms in total. The van der Waals surface area contributed by atoms with Crippen LogP contribution < -0.4 is 10.5 Å². The van der Waals surface area contributed by atoms with Gasteiger partial charge >= 0.3 is 12.4 Å². The van der Waals surface area contributed by atoms with Crippen LogP contribution in [-0.2, 0) is 12.4 Å². The second kappa shape index (κ2) is 7.06. The lowest BCUT2D eigenvalue weighted by Crippen LogP contribution is -2.16. The highest BCUT2D eigenvalue weighted by molar-refractivity contribution is 5.55. The number of anilines is 1. The number of aliphatic hydroxyl groups excluding tert-OH is 1. The van der Waals surface area contributed by atoms with Crippen molar-refractivity contribution in [3.8, 4) is 5.75 Å². The van der Waals surface area contributed by atoms with E-state index in [1.54, 1.807) is 0 Å². The van der Waals surface area contributed by atoms with Gasteiger partial charge in [-0.2, -0.15) is 26.3 Å². The Kier molecular flexibility index (Phi) is 5.41. The minimum absolute atomic E-state index is 0.0612.